The first-order valence-corrected chi connectivity index (χ1v) is 9.18. The topological polar surface area (TPSA) is 66.1 Å². The Balaban J connectivity index is 1.96. The van der Waals surface area contributed by atoms with Crippen molar-refractivity contribution in [3.8, 4) is 0 Å². The lowest BCUT2D eigenvalue weighted by molar-refractivity contribution is 0.0686. The summed E-state index contributed by atoms with van der Waals surface area (Å²) < 4.78 is 0.801. The second-order valence-electron chi connectivity index (χ2n) is 5.79. The summed E-state index contributed by atoms with van der Waals surface area (Å²) in [6.45, 7) is 3.94. The number of nitrogens with one attached hydrogen (secondary N) is 1. The van der Waals surface area contributed by atoms with Crippen LogP contribution >= 0.6 is 34.5 Å². The van der Waals surface area contributed by atoms with E-state index in [4.69, 9.17) is 23.2 Å². The van der Waals surface area contributed by atoms with Crippen molar-refractivity contribution in [2.45, 2.75) is 26.4 Å². The first kappa shape index (κ1) is 17.9. The van der Waals surface area contributed by atoms with Crippen LogP contribution in [-0.4, -0.2) is 26.8 Å². The number of thiophene rings is 1. The molecule has 0 bridgehead atoms. The fourth-order valence-corrected chi connectivity index (χ4v) is 3.95. The number of para-hydroxylation sites is 1. The van der Waals surface area contributed by atoms with E-state index in [1.807, 2.05) is 19.9 Å². The first-order valence-electron chi connectivity index (χ1n) is 7.60. The van der Waals surface area contributed by atoms with Crippen LogP contribution in [0.3, 0.4) is 0 Å². The Morgan fingerprint density at radius 2 is 2.04 bits per heavy atom. The number of halogens is 2. The minimum Gasteiger partial charge on any atom is -0.329 e. The van der Waals surface area contributed by atoms with Crippen molar-refractivity contribution in [1.29, 1.82) is 0 Å². The van der Waals surface area contributed by atoms with Gasteiger partial charge in [-0.05, 0) is 32.0 Å². The standard InChI is InChI=1S/C17H15Cl2N3O2S/c1-9(2)22(17(24)11-7-13(18)25-15(11)19)8-14-20-12-6-4-3-5-10(12)16(23)21-14/h3-7,9H,8H2,1-2H3,(H,20,21,23). The summed E-state index contributed by atoms with van der Waals surface area (Å²) in [5, 5.41) is 0.515. The van der Waals surface area contributed by atoms with E-state index in [2.05, 4.69) is 9.97 Å². The maximum atomic E-state index is 12.8. The van der Waals surface area contributed by atoms with Crippen LogP contribution in [0.4, 0.5) is 0 Å². The van der Waals surface area contributed by atoms with Crippen LogP contribution in [0.2, 0.25) is 8.67 Å². The number of H-pyrrole nitrogens is 1. The molecular formula is C17H15Cl2N3O2S. The summed E-state index contributed by atoms with van der Waals surface area (Å²) in [6, 6.07) is 8.53. The van der Waals surface area contributed by atoms with E-state index >= 15 is 0 Å². The van der Waals surface area contributed by atoms with Crippen LogP contribution in [0.5, 0.6) is 0 Å². The molecule has 0 radical (unpaired) electrons. The SMILES string of the molecule is CC(C)N(Cc1nc2ccccc2c(=O)[nH]1)C(=O)c1cc(Cl)sc1Cl. The highest BCUT2D eigenvalue weighted by Gasteiger charge is 2.24. The van der Waals surface area contributed by atoms with Gasteiger partial charge < -0.3 is 9.88 Å². The number of aromatic amines is 1. The van der Waals surface area contributed by atoms with Crippen LogP contribution < -0.4 is 5.56 Å². The molecule has 25 heavy (non-hydrogen) atoms. The number of carbonyl (C=O) groups is 1. The van der Waals surface area contributed by atoms with Crippen molar-refractivity contribution < 1.29 is 4.79 Å². The molecule has 2 aromatic heterocycles. The Labute approximate surface area is 158 Å². The maximum Gasteiger partial charge on any atom is 0.258 e. The van der Waals surface area contributed by atoms with E-state index in [0.717, 1.165) is 11.3 Å². The zero-order valence-corrected chi connectivity index (χ0v) is 15.9. The number of hydrogen-bond donors (Lipinski definition) is 1. The highest BCUT2D eigenvalue weighted by atomic mass is 35.5. The smallest absolute Gasteiger partial charge is 0.258 e. The van der Waals surface area contributed by atoms with Gasteiger partial charge in [0.15, 0.2) is 0 Å². The Kier molecular flexibility index (Phi) is 5.13. The van der Waals surface area contributed by atoms with Crippen molar-refractivity contribution in [1.82, 2.24) is 14.9 Å². The molecule has 0 fully saturated rings. The Morgan fingerprint density at radius 1 is 1.32 bits per heavy atom. The fourth-order valence-electron chi connectivity index (χ4n) is 2.50. The lowest BCUT2D eigenvalue weighted by Crippen LogP contribution is -2.37. The third-order valence-electron chi connectivity index (χ3n) is 3.75. The molecule has 3 aromatic rings. The van der Waals surface area contributed by atoms with Gasteiger partial charge in [-0.15, -0.1) is 11.3 Å². The molecular weight excluding hydrogens is 381 g/mol. The summed E-state index contributed by atoms with van der Waals surface area (Å²) >= 11 is 13.2. The second-order valence-corrected chi connectivity index (χ2v) is 8.08. The average molecular weight is 396 g/mol. The third-order valence-corrected chi connectivity index (χ3v) is 5.24. The molecule has 0 unspecified atom stereocenters. The fraction of sp³-hybridized carbons (Fsp3) is 0.235. The average Bonchev–Trinajstić information content (AvgIpc) is 2.90. The van der Waals surface area contributed by atoms with Gasteiger partial charge in [-0.3, -0.25) is 9.59 Å². The van der Waals surface area contributed by atoms with E-state index in [-0.39, 0.29) is 24.1 Å². The van der Waals surface area contributed by atoms with Gasteiger partial charge >= 0.3 is 0 Å². The van der Waals surface area contributed by atoms with E-state index in [9.17, 15) is 9.59 Å². The summed E-state index contributed by atoms with van der Waals surface area (Å²) in [6.07, 6.45) is 0. The lowest BCUT2D eigenvalue weighted by atomic mass is 10.2. The molecule has 3 rings (SSSR count). The number of carbonyl (C=O) groups excluding carboxylic acids is 1. The number of hydrogen-bond acceptors (Lipinski definition) is 4. The quantitative estimate of drug-likeness (QED) is 0.714. The Bertz CT molecular complexity index is 997. The molecule has 1 N–H and O–H groups in total. The summed E-state index contributed by atoms with van der Waals surface area (Å²) in [5.41, 5.74) is 0.718. The molecule has 0 atom stereocenters. The number of fused-ring (bicyclic) bond motifs is 1. The molecule has 0 spiro atoms. The van der Waals surface area contributed by atoms with Crippen molar-refractivity contribution >= 4 is 51.3 Å². The van der Waals surface area contributed by atoms with Crippen LogP contribution in [-0.2, 0) is 6.54 Å². The molecule has 0 aliphatic heterocycles. The maximum absolute atomic E-state index is 12.8. The summed E-state index contributed by atoms with van der Waals surface area (Å²) in [7, 11) is 0. The Hall–Kier alpha value is -1.89. The zero-order valence-electron chi connectivity index (χ0n) is 13.5. The van der Waals surface area contributed by atoms with E-state index in [1.54, 1.807) is 29.2 Å². The highest BCUT2D eigenvalue weighted by Crippen LogP contribution is 2.32. The minimum absolute atomic E-state index is 0.112. The van der Waals surface area contributed by atoms with E-state index in [1.165, 1.54) is 0 Å². The Morgan fingerprint density at radius 3 is 2.68 bits per heavy atom. The van der Waals surface area contributed by atoms with Crippen LogP contribution in [0, 0.1) is 0 Å². The summed E-state index contributed by atoms with van der Waals surface area (Å²) in [4.78, 5) is 33.9. The predicted molar refractivity (Wildman–Crippen MR) is 102 cm³/mol. The minimum atomic E-state index is -0.251. The van der Waals surface area contributed by atoms with Gasteiger partial charge in [-0.25, -0.2) is 4.98 Å². The van der Waals surface area contributed by atoms with Crippen molar-refractivity contribution in [2.24, 2.45) is 0 Å². The third kappa shape index (κ3) is 3.71. The molecule has 0 aliphatic carbocycles. The monoisotopic (exact) mass is 395 g/mol. The van der Waals surface area contributed by atoms with Crippen LogP contribution in [0.15, 0.2) is 35.1 Å². The van der Waals surface area contributed by atoms with E-state index in [0.29, 0.717) is 31.0 Å². The van der Waals surface area contributed by atoms with Gasteiger partial charge in [0.05, 0.1) is 27.3 Å². The first-order chi connectivity index (χ1) is 11.9. The predicted octanol–water partition coefficient (Wildman–Crippen LogP) is 4.34. The van der Waals surface area contributed by atoms with Crippen molar-refractivity contribution in [3.63, 3.8) is 0 Å². The van der Waals surface area contributed by atoms with Crippen molar-refractivity contribution in [3.05, 3.63) is 60.7 Å². The lowest BCUT2D eigenvalue weighted by Gasteiger charge is -2.26. The van der Waals surface area contributed by atoms with Gasteiger partial charge in [0.2, 0.25) is 0 Å². The molecule has 1 aromatic carbocycles. The normalized spacial score (nSPS) is 11.2. The number of rotatable bonds is 4. The van der Waals surface area contributed by atoms with Gasteiger partial charge in [-0.2, -0.15) is 0 Å². The van der Waals surface area contributed by atoms with Gasteiger partial charge in [0.1, 0.15) is 10.2 Å². The number of nitrogens with zero attached hydrogens (tertiary/aromatic N) is 2. The van der Waals surface area contributed by atoms with Gasteiger partial charge in [-0.1, -0.05) is 35.3 Å². The molecule has 8 heteroatoms. The molecule has 2 heterocycles. The van der Waals surface area contributed by atoms with Crippen LogP contribution in [0.1, 0.15) is 30.0 Å². The number of aromatic nitrogens is 2. The molecule has 1 amide bonds. The molecule has 0 saturated carbocycles. The molecule has 0 saturated heterocycles. The largest absolute Gasteiger partial charge is 0.329 e. The van der Waals surface area contributed by atoms with Crippen LogP contribution in [0.25, 0.3) is 10.9 Å². The second kappa shape index (κ2) is 7.15. The van der Waals surface area contributed by atoms with Gasteiger partial charge in [0, 0.05) is 6.04 Å². The molecule has 130 valence electrons. The molecule has 5 nitrogen and oxygen atoms in total. The highest BCUT2D eigenvalue weighted by molar-refractivity contribution is 7.20. The number of amides is 1. The molecule has 0 aliphatic rings. The van der Waals surface area contributed by atoms with Gasteiger partial charge in [0.25, 0.3) is 11.5 Å². The number of benzene rings is 1. The zero-order chi connectivity index (χ0) is 18.1. The van der Waals surface area contributed by atoms with E-state index < -0.39 is 0 Å². The van der Waals surface area contributed by atoms with Crippen molar-refractivity contribution in [2.75, 3.05) is 0 Å². The summed E-state index contributed by atoms with van der Waals surface area (Å²) in [5.74, 6) is 0.169.